The molecule has 8 heteroatoms. The van der Waals surface area contributed by atoms with E-state index in [2.05, 4.69) is 9.71 Å². The summed E-state index contributed by atoms with van der Waals surface area (Å²) in [6.07, 6.45) is 1.35. The van der Waals surface area contributed by atoms with Gasteiger partial charge in [-0.1, -0.05) is 24.3 Å². The number of nitrogens with one attached hydrogen (secondary N) is 1. The van der Waals surface area contributed by atoms with Crippen LogP contribution in [0, 0.1) is 5.92 Å². The Kier molecular flexibility index (Phi) is 5.51. The molecule has 0 aliphatic carbocycles. The van der Waals surface area contributed by atoms with Crippen LogP contribution in [0.15, 0.2) is 57.8 Å². The van der Waals surface area contributed by atoms with E-state index < -0.39 is 10.0 Å². The van der Waals surface area contributed by atoms with Crippen LogP contribution in [0.2, 0.25) is 0 Å². The number of fused-ring (bicyclic) bond motifs is 1. The van der Waals surface area contributed by atoms with Crippen molar-refractivity contribution >= 4 is 27.5 Å². The van der Waals surface area contributed by atoms with Crippen molar-refractivity contribution in [3.05, 3.63) is 59.7 Å². The first-order chi connectivity index (χ1) is 14.3. The van der Waals surface area contributed by atoms with E-state index in [0.717, 1.165) is 11.3 Å². The summed E-state index contributed by atoms with van der Waals surface area (Å²) in [5.41, 5.74) is 2.84. The third kappa shape index (κ3) is 4.05. The third-order valence-electron chi connectivity index (χ3n) is 5.70. The van der Waals surface area contributed by atoms with Gasteiger partial charge in [-0.25, -0.2) is 0 Å². The van der Waals surface area contributed by atoms with Gasteiger partial charge in [-0.3, -0.25) is 4.79 Å². The van der Waals surface area contributed by atoms with Crippen LogP contribution < -0.4 is 10.2 Å². The fraction of sp³-hybridized carbons (Fsp3) is 0.364. The Morgan fingerprint density at radius 2 is 1.77 bits per heavy atom. The highest BCUT2D eigenvalue weighted by Crippen LogP contribution is 2.29. The maximum Gasteiger partial charge on any atom is 0.285 e. The Bertz CT molecular complexity index is 1070. The largest absolute Gasteiger partial charge is 0.378 e. The number of hydrogen-bond acceptors (Lipinski definition) is 5. The van der Waals surface area contributed by atoms with Gasteiger partial charge in [0.2, 0.25) is 5.91 Å². The summed E-state index contributed by atoms with van der Waals surface area (Å²) in [6.45, 7) is 1.72. The molecule has 1 N–H and O–H groups in total. The smallest absolute Gasteiger partial charge is 0.285 e. The quantitative estimate of drug-likeness (QED) is 0.811. The molecule has 0 saturated carbocycles. The lowest BCUT2D eigenvalue weighted by atomic mass is 9.95. The molecule has 0 spiro atoms. The number of nitrogens with zero attached hydrogens (tertiary/aromatic N) is 3. The lowest BCUT2D eigenvalue weighted by Crippen LogP contribution is -2.42. The van der Waals surface area contributed by atoms with Gasteiger partial charge in [0.15, 0.2) is 5.84 Å². The van der Waals surface area contributed by atoms with E-state index in [4.69, 9.17) is 0 Å². The second-order valence-electron chi connectivity index (χ2n) is 7.93. The molecule has 2 aromatic carbocycles. The topological polar surface area (TPSA) is 82.1 Å². The van der Waals surface area contributed by atoms with E-state index in [1.807, 2.05) is 54.2 Å². The van der Waals surface area contributed by atoms with Gasteiger partial charge in [0, 0.05) is 50.9 Å². The molecule has 0 unspecified atom stereocenters. The Morgan fingerprint density at radius 1 is 1.10 bits per heavy atom. The molecule has 2 aliphatic rings. The zero-order valence-corrected chi connectivity index (χ0v) is 18.0. The molecule has 2 aromatic rings. The van der Waals surface area contributed by atoms with Gasteiger partial charge in [0.25, 0.3) is 10.0 Å². The summed E-state index contributed by atoms with van der Waals surface area (Å²) in [7, 11) is 0.371. The SMILES string of the molecule is CN(C)c1ccc(CNC(=O)C2CCN(C3=NS(=O)(=O)c4ccccc43)CC2)cc1. The molecule has 1 amide bonds. The van der Waals surface area contributed by atoms with Crippen molar-refractivity contribution in [2.24, 2.45) is 10.3 Å². The number of sulfonamides is 1. The molecular formula is C22H26N4O3S. The van der Waals surface area contributed by atoms with Crippen LogP contribution in [-0.4, -0.2) is 52.2 Å². The number of likely N-dealkylation sites (tertiary alicyclic amines) is 1. The minimum absolute atomic E-state index is 0.0488. The van der Waals surface area contributed by atoms with Crippen molar-refractivity contribution < 1.29 is 13.2 Å². The summed E-state index contributed by atoms with van der Waals surface area (Å²) in [5.74, 6) is 0.481. The summed E-state index contributed by atoms with van der Waals surface area (Å²) in [5, 5.41) is 3.03. The van der Waals surface area contributed by atoms with E-state index in [-0.39, 0.29) is 16.7 Å². The number of carbonyl (C=O) groups is 1. The van der Waals surface area contributed by atoms with Crippen LogP contribution in [0.3, 0.4) is 0 Å². The first-order valence-electron chi connectivity index (χ1n) is 10.1. The van der Waals surface area contributed by atoms with Gasteiger partial charge in [0.1, 0.15) is 4.90 Å². The van der Waals surface area contributed by atoms with Crippen molar-refractivity contribution in [3.8, 4) is 0 Å². The lowest BCUT2D eigenvalue weighted by Gasteiger charge is -2.32. The van der Waals surface area contributed by atoms with Gasteiger partial charge >= 0.3 is 0 Å². The molecule has 2 aliphatic heterocycles. The highest BCUT2D eigenvalue weighted by Gasteiger charge is 2.34. The van der Waals surface area contributed by atoms with E-state index in [0.29, 0.717) is 43.9 Å². The molecule has 0 radical (unpaired) electrons. The van der Waals surface area contributed by atoms with Gasteiger partial charge in [-0.2, -0.15) is 8.42 Å². The first kappa shape index (κ1) is 20.4. The van der Waals surface area contributed by atoms with Crippen molar-refractivity contribution in [3.63, 3.8) is 0 Å². The second-order valence-corrected chi connectivity index (χ2v) is 9.50. The second kappa shape index (κ2) is 8.10. The van der Waals surface area contributed by atoms with E-state index >= 15 is 0 Å². The molecular weight excluding hydrogens is 400 g/mol. The predicted molar refractivity (Wildman–Crippen MR) is 117 cm³/mol. The number of piperidine rings is 1. The van der Waals surface area contributed by atoms with Crippen molar-refractivity contribution in [2.45, 2.75) is 24.3 Å². The summed E-state index contributed by atoms with van der Waals surface area (Å²) in [4.78, 5) is 16.9. The first-order valence-corrected chi connectivity index (χ1v) is 11.5. The van der Waals surface area contributed by atoms with Crippen LogP contribution in [0.25, 0.3) is 0 Å². The summed E-state index contributed by atoms with van der Waals surface area (Å²) >= 11 is 0. The lowest BCUT2D eigenvalue weighted by molar-refractivity contribution is -0.126. The maximum absolute atomic E-state index is 12.6. The highest BCUT2D eigenvalue weighted by atomic mass is 32.2. The Hall–Kier alpha value is -2.87. The number of anilines is 1. The van der Waals surface area contributed by atoms with Gasteiger partial charge in [-0.15, -0.1) is 4.40 Å². The fourth-order valence-electron chi connectivity index (χ4n) is 3.92. The maximum atomic E-state index is 12.6. The number of amidine groups is 1. The number of amides is 1. The molecule has 1 saturated heterocycles. The van der Waals surface area contributed by atoms with Gasteiger partial charge in [0.05, 0.1) is 0 Å². The molecule has 1 fully saturated rings. The molecule has 4 rings (SSSR count). The predicted octanol–water partition coefficient (Wildman–Crippen LogP) is 2.23. The summed E-state index contributed by atoms with van der Waals surface area (Å²) in [6, 6.07) is 15.0. The molecule has 0 atom stereocenters. The average Bonchev–Trinajstić information content (AvgIpc) is 3.03. The molecule has 2 heterocycles. The van der Waals surface area contributed by atoms with Crippen molar-refractivity contribution in [2.75, 3.05) is 32.1 Å². The molecule has 0 aromatic heterocycles. The zero-order valence-electron chi connectivity index (χ0n) is 17.2. The zero-order chi connectivity index (χ0) is 21.3. The Balaban J connectivity index is 1.33. The van der Waals surface area contributed by atoms with Crippen LogP contribution in [-0.2, 0) is 21.4 Å². The fourth-order valence-corrected chi connectivity index (χ4v) is 5.14. The number of hydrogen-bond donors (Lipinski definition) is 1. The minimum atomic E-state index is -3.62. The van der Waals surface area contributed by atoms with Gasteiger partial charge < -0.3 is 15.1 Å². The van der Waals surface area contributed by atoms with Crippen LogP contribution in [0.5, 0.6) is 0 Å². The summed E-state index contributed by atoms with van der Waals surface area (Å²) < 4.78 is 28.5. The Labute approximate surface area is 177 Å². The van der Waals surface area contributed by atoms with Crippen LogP contribution >= 0.6 is 0 Å². The van der Waals surface area contributed by atoms with Crippen molar-refractivity contribution in [1.82, 2.24) is 10.2 Å². The van der Waals surface area contributed by atoms with Crippen molar-refractivity contribution in [1.29, 1.82) is 0 Å². The molecule has 30 heavy (non-hydrogen) atoms. The van der Waals surface area contributed by atoms with E-state index in [9.17, 15) is 13.2 Å². The highest BCUT2D eigenvalue weighted by molar-refractivity contribution is 7.90. The normalized spacial score (nSPS) is 17.9. The molecule has 7 nitrogen and oxygen atoms in total. The molecule has 0 bridgehead atoms. The number of benzene rings is 2. The monoisotopic (exact) mass is 426 g/mol. The average molecular weight is 427 g/mol. The van der Waals surface area contributed by atoms with Gasteiger partial charge in [-0.05, 0) is 42.7 Å². The van der Waals surface area contributed by atoms with E-state index in [1.165, 1.54) is 0 Å². The minimum Gasteiger partial charge on any atom is -0.378 e. The third-order valence-corrected chi connectivity index (χ3v) is 7.02. The Morgan fingerprint density at radius 3 is 2.43 bits per heavy atom. The van der Waals surface area contributed by atoms with Crippen LogP contribution in [0.4, 0.5) is 5.69 Å². The standard InChI is InChI=1S/C22H26N4O3S/c1-25(2)18-9-7-16(8-10-18)15-23-22(27)17-11-13-26(14-12-17)21-19-5-3-4-6-20(19)30(28,29)24-21/h3-10,17H,11-15H2,1-2H3,(H,23,27). The molecule has 158 valence electrons. The van der Waals surface area contributed by atoms with Crippen LogP contribution in [0.1, 0.15) is 24.0 Å². The number of carbonyl (C=O) groups excluding carboxylic acids is 1. The number of rotatable bonds is 4. The van der Waals surface area contributed by atoms with E-state index in [1.54, 1.807) is 18.2 Å².